The van der Waals surface area contributed by atoms with Crippen molar-refractivity contribution in [3.8, 4) is 6.07 Å². The number of nitrogens with one attached hydrogen (secondary N) is 1. The van der Waals surface area contributed by atoms with Crippen LogP contribution in [0.4, 0.5) is 0 Å². The molecule has 0 saturated carbocycles. The first-order valence-corrected chi connectivity index (χ1v) is 8.04. The number of pyridine rings is 1. The van der Waals surface area contributed by atoms with Crippen LogP contribution in [0.2, 0.25) is 5.02 Å². The molecule has 2 aliphatic heterocycles. The van der Waals surface area contributed by atoms with Crippen LogP contribution < -0.4 is 5.32 Å². The third-order valence-corrected chi connectivity index (χ3v) is 5.13. The van der Waals surface area contributed by atoms with E-state index in [0.29, 0.717) is 38.3 Å². The largest absolute Gasteiger partial charge is 0.381 e. The Balaban J connectivity index is 1.87. The van der Waals surface area contributed by atoms with Crippen molar-refractivity contribution < 1.29 is 14.3 Å². The van der Waals surface area contributed by atoms with E-state index < -0.39 is 5.41 Å². The number of hydrogen-bond donors (Lipinski definition) is 1. The van der Waals surface area contributed by atoms with Gasteiger partial charge in [0.05, 0.1) is 22.6 Å². The Labute approximate surface area is 144 Å². The standard InChI is InChI=1S/C16H17ClN4O3/c1-19-15(23)16-2-3-24-8-11(16)7-21(9-16)14(22)13-12(17)4-10(5-18)6-20-13/h4,6,11H,2-3,7-9H2,1H3,(H,19,23)/t11-,16+/m1/s1. The SMILES string of the molecule is CNC(=O)[C@]12CCOC[C@H]1CN(C(=O)c1ncc(C#N)cc1Cl)C2. The highest BCUT2D eigenvalue weighted by molar-refractivity contribution is 6.33. The van der Waals surface area contributed by atoms with Gasteiger partial charge in [-0.1, -0.05) is 11.6 Å². The van der Waals surface area contributed by atoms with Crippen molar-refractivity contribution in [1.82, 2.24) is 15.2 Å². The number of fused-ring (bicyclic) bond motifs is 1. The van der Waals surface area contributed by atoms with Crippen LogP contribution in [0.1, 0.15) is 22.5 Å². The smallest absolute Gasteiger partial charge is 0.274 e. The number of halogens is 1. The zero-order valence-corrected chi connectivity index (χ0v) is 14.0. The van der Waals surface area contributed by atoms with Crippen LogP contribution in [0.15, 0.2) is 12.3 Å². The number of nitrogens with zero attached hydrogens (tertiary/aromatic N) is 3. The summed E-state index contributed by atoms with van der Waals surface area (Å²) >= 11 is 6.09. The van der Waals surface area contributed by atoms with Crippen molar-refractivity contribution in [2.24, 2.45) is 11.3 Å². The Morgan fingerprint density at radius 3 is 3.04 bits per heavy atom. The van der Waals surface area contributed by atoms with Gasteiger partial charge in [-0.25, -0.2) is 4.98 Å². The van der Waals surface area contributed by atoms with Gasteiger partial charge in [-0.05, 0) is 12.5 Å². The van der Waals surface area contributed by atoms with E-state index in [4.69, 9.17) is 21.6 Å². The molecule has 8 heteroatoms. The third kappa shape index (κ3) is 2.62. The minimum Gasteiger partial charge on any atom is -0.381 e. The van der Waals surface area contributed by atoms with Gasteiger partial charge in [0, 0.05) is 38.9 Å². The molecule has 1 N–H and O–H groups in total. The molecule has 0 aliphatic carbocycles. The van der Waals surface area contributed by atoms with Gasteiger partial charge < -0.3 is 15.0 Å². The lowest BCUT2D eigenvalue weighted by Crippen LogP contribution is -2.49. The van der Waals surface area contributed by atoms with Gasteiger partial charge in [-0.3, -0.25) is 9.59 Å². The molecule has 2 aliphatic rings. The van der Waals surface area contributed by atoms with E-state index in [1.54, 1.807) is 11.9 Å². The molecule has 2 amide bonds. The summed E-state index contributed by atoms with van der Waals surface area (Å²) < 4.78 is 5.50. The van der Waals surface area contributed by atoms with Gasteiger partial charge in [-0.2, -0.15) is 5.26 Å². The van der Waals surface area contributed by atoms with Gasteiger partial charge in [0.15, 0.2) is 0 Å². The van der Waals surface area contributed by atoms with Crippen molar-refractivity contribution in [3.63, 3.8) is 0 Å². The molecule has 126 valence electrons. The predicted octanol–water partition coefficient (Wildman–Crippen LogP) is 0.831. The fourth-order valence-corrected chi connectivity index (χ4v) is 3.78. The molecule has 0 bridgehead atoms. The highest BCUT2D eigenvalue weighted by atomic mass is 35.5. The molecule has 2 atom stereocenters. The van der Waals surface area contributed by atoms with Crippen LogP contribution in [0.25, 0.3) is 0 Å². The van der Waals surface area contributed by atoms with Crippen LogP contribution >= 0.6 is 11.6 Å². The summed E-state index contributed by atoms with van der Waals surface area (Å²) in [5, 5.41) is 11.7. The fourth-order valence-electron chi connectivity index (χ4n) is 3.53. The summed E-state index contributed by atoms with van der Waals surface area (Å²) in [6.45, 7) is 1.69. The molecule has 0 spiro atoms. The molecule has 0 unspecified atom stereocenters. The monoisotopic (exact) mass is 348 g/mol. The molecule has 0 aromatic carbocycles. The lowest BCUT2D eigenvalue weighted by Gasteiger charge is -2.36. The summed E-state index contributed by atoms with van der Waals surface area (Å²) in [6.07, 6.45) is 1.90. The second-order valence-corrected chi connectivity index (χ2v) is 6.52. The predicted molar refractivity (Wildman–Crippen MR) is 85.3 cm³/mol. The first-order valence-electron chi connectivity index (χ1n) is 7.66. The minimum atomic E-state index is -0.623. The number of ether oxygens (including phenoxy) is 1. The minimum absolute atomic E-state index is 0.0488. The number of aromatic nitrogens is 1. The fraction of sp³-hybridized carbons (Fsp3) is 0.500. The summed E-state index contributed by atoms with van der Waals surface area (Å²) in [5.41, 5.74) is -0.231. The number of rotatable bonds is 2. The van der Waals surface area contributed by atoms with Gasteiger partial charge in [0.25, 0.3) is 5.91 Å². The van der Waals surface area contributed by atoms with Crippen LogP contribution in [-0.2, 0) is 9.53 Å². The average molecular weight is 349 g/mol. The second-order valence-electron chi connectivity index (χ2n) is 6.11. The molecule has 1 aromatic rings. The maximum Gasteiger partial charge on any atom is 0.274 e. The average Bonchev–Trinajstić information content (AvgIpc) is 3.01. The molecule has 1 aromatic heterocycles. The van der Waals surface area contributed by atoms with Crippen LogP contribution in [0.5, 0.6) is 0 Å². The van der Waals surface area contributed by atoms with Gasteiger partial charge in [-0.15, -0.1) is 0 Å². The molecular weight excluding hydrogens is 332 g/mol. The number of carbonyl (C=O) groups excluding carboxylic acids is 2. The van der Waals surface area contributed by atoms with E-state index in [-0.39, 0.29) is 28.4 Å². The molecule has 7 nitrogen and oxygen atoms in total. The number of likely N-dealkylation sites (tertiary alicyclic amines) is 1. The maximum absolute atomic E-state index is 12.8. The summed E-state index contributed by atoms with van der Waals surface area (Å²) in [7, 11) is 1.60. The highest BCUT2D eigenvalue weighted by Gasteiger charge is 2.54. The number of carbonyl (C=O) groups is 2. The van der Waals surface area contributed by atoms with Gasteiger partial charge in [0.1, 0.15) is 11.8 Å². The van der Waals surface area contributed by atoms with E-state index in [9.17, 15) is 9.59 Å². The zero-order chi connectivity index (χ0) is 17.3. The molecule has 2 fully saturated rings. The number of amides is 2. The Bertz CT molecular complexity index is 733. The first-order chi connectivity index (χ1) is 11.5. The highest BCUT2D eigenvalue weighted by Crippen LogP contribution is 2.43. The number of nitriles is 1. The van der Waals surface area contributed by atoms with E-state index in [0.717, 1.165) is 0 Å². The van der Waals surface area contributed by atoms with Gasteiger partial charge >= 0.3 is 0 Å². The summed E-state index contributed by atoms with van der Waals surface area (Å²) in [6, 6.07) is 3.35. The quantitative estimate of drug-likeness (QED) is 0.854. The Morgan fingerprint density at radius 2 is 2.38 bits per heavy atom. The lowest BCUT2D eigenvalue weighted by atomic mass is 9.73. The summed E-state index contributed by atoms with van der Waals surface area (Å²) in [4.78, 5) is 30.9. The Hall–Kier alpha value is -2.17. The van der Waals surface area contributed by atoms with Crippen molar-refractivity contribution in [3.05, 3.63) is 28.5 Å². The molecule has 3 heterocycles. The van der Waals surface area contributed by atoms with Crippen molar-refractivity contribution in [2.45, 2.75) is 6.42 Å². The van der Waals surface area contributed by atoms with Crippen LogP contribution in [0, 0.1) is 22.7 Å². The zero-order valence-electron chi connectivity index (χ0n) is 13.2. The van der Waals surface area contributed by atoms with E-state index in [1.165, 1.54) is 12.3 Å². The Morgan fingerprint density at radius 1 is 1.58 bits per heavy atom. The van der Waals surface area contributed by atoms with E-state index >= 15 is 0 Å². The third-order valence-electron chi connectivity index (χ3n) is 4.85. The maximum atomic E-state index is 12.8. The van der Waals surface area contributed by atoms with Crippen molar-refractivity contribution in [1.29, 1.82) is 5.26 Å². The van der Waals surface area contributed by atoms with Crippen LogP contribution in [-0.4, -0.2) is 55.0 Å². The normalized spacial score (nSPS) is 25.7. The molecule has 0 radical (unpaired) electrons. The molecular formula is C16H17ClN4O3. The van der Waals surface area contributed by atoms with Crippen molar-refractivity contribution >= 4 is 23.4 Å². The second kappa shape index (κ2) is 6.38. The first kappa shape index (κ1) is 16.7. The summed E-state index contributed by atoms with van der Waals surface area (Å²) in [5.74, 6) is -0.445. The number of hydrogen-bond acceptors (Lipinski definition) is 5. The topological polar surface area (TPSA) is 95.3 Å². The molecule has 2 saturated heterocycles. The van der Waals surface area contributed by atoms with Gasteiger partial charge in [0.2, 0.25) is 5.91 Å². The van der Waals surface area contributed by atoms with E-state index in [1.807, 2.05) is 6.07 Å². The molecule has 3 rings (SSSR count). The Kier molecular flexibility index (Phi) is 4.43. The van der Waals surface area contributed by atoms with Crippen LogP contribution in [0.3, 0.4) is 0 Å². The lowest BCUT2D eigenvalue weighted by molar-refractivity contribution is -0.138. The van der Waals surface area contributed by atoms with E-state index in [2.05, 4.69) is 10.3 Å². The van der Waals surface area contributed by atoms with Crippen molar-refractivity contribution in [2.75, 3.05) is 33.4 Å². The molecule has 24 heavy (non-hydrogen) atoms.